The molecule has 1 atom stereocenters. The van der Waals surface area contributed by atoms with Crippen LogP contribution in [0.15, 0.2) is 24.3 Å². The summed E-state index contributed by atoms with van der Waals surface area (Å²) in [7, 11) is 0. The molecule has 136 valence electrons. The molecule has 0 saturated carbocycles. The Hall–Kier alpha value is -1.61. The van der Waals surface area contributed by atoms with Crippen LogP contribution in [0, 0.1) is 17.2 Å². The minimum atomic E-state index is -0.795. The lowest BCUT2D eigenvalue weighted by atomic mass is 9.90. The SMILES string of the molecule is CC(C)[C@](C)(C#N)NC(=O)C[NH+]1CC[NH+](Cc2cccc(Cl)c2)CC1. The fraction of sp³-hybridized carbons (Fsp3) is 0.579. The molecule has 0 bridgehead atoms. The topological polar surface area (TPSA) is 61.8 Å². The molecule has 25 heavy (non-hydrogen) atoms. The standard InChI is InChI=1S/C19H27ClN4O/c1-15(2)19(3,14-21)22-18(25)13-24-9-7-23(8-10-24)12-16-5-4-6-17(20)11-16/h4-6,11,15H,7-10,12-13H2,1-3H3,(H,22,25)/p+2/t19-/m0/s1. The predicted octanol–water partition coefficient (Wildman–Crippen LogP) is -0.322. The van der Waals surface area contributed by atoms with Gasteiger partial charge < -0.3 is 15.1 Å². The summed E-state index contributed by atoms with van der Waals surface area (Å²) in [5.41, 5.74) is 0.460. The van der Waals surface area contributed by atoms with Crippen LogP contribution in [0.2, 0.25) is 5.02 Å². The van der Waals surface area contributed by atoms with Gasteiger partial charge in [0.15, 0.2) is 6.54 Å². The second kappa shape index (κ2) is 8.66. The molecule has 1 aliphatic rings. The molecular formula is C19H29ClN4O+2. The number of piperazine rings is 1. The fourth-order valence-corrected chi connectivity index (χ4v) is 3.32. The maximum atomic E-state index is 12.3. The van der Waals surface area contributed by atoms with Gasteiger partial charge in [0.25, 0.3) is 5.91 Å². The van der Waals surface area contributed by atoms with E-state index in [9.17, 15) is 10.1 Å². The van der Waals surface area contributed by atoms with Crippen LogP contribution < -0.4 is 15.1 Å². The maximum absolute atomic E-state index is 12.3. The summed E-state index contributed by atoms with van der Waals surface area (Å²) in [4.78, 5) is 15.1. The van der Waals surface area contributed by atoms with Crippen LogP contribution in [-0.2, 0) is 11.3 Å². The maximum Gasteiger partial charge on any atom is 0.276 e. The summed E-state index contributed by atoms with van der Waals surface area (Å²) in [6, 6.07) is 10.2. The van der Waals surface area contributed by atoms with Crippen molar-refractivity contribution in [3.8, 4) is 6.07 Å². The largest absolute Gasteiger partial charge is 0.333 e. The van der Waals surface area contributed by atoms with Gasteiger partial charge in [-0.2, -0.15) is 5.26 Å². The van der Waals surface area contributed by atoms with Crippen LogP contribution >= 0.6 is 11.6 Å². The molecule has 6 heteroatoms. The van der Waals surface area contributed by atoms with Gasteiger partial charge >= 0.3 is 0 Å². The molecule has 1 saturated heterocycles. The Balaban J connectivity index is 1.78. The van der Waals surface area contributed by atoms with Crippen molar-refractivity contribution in [1.29, 1.82) is 5.26 Å². The van der Waals surface area contributed by atoms with Crippen molar-refractivity contribution in [2.45, 2.75) is 32.9 Å². The highest BCUT2D eigenvalue weighted by Crippen LogP contribution is 2.14. The summed E-state index contributed by atoms with van der Waals surface area (Å²) < 4.78 is 0. The first-order chi connectivity index (χ1) is 11.8. The van der Waals surface area contributed by atoms with E-state index in [1.807, 2.05) is 32.0 Å². The molecule has 0 unspecified atom stereocenters. The van der Waals surface area contributed by atoms with Crippen LogP contribution in [0.5, 0.6) is 0 Å². The number of nitrogens with one attached hydrogen (secondary N) is 3. The van der Waals surface area contributed by atoms with E-state index in [2.05, 4.69) is 17.5 Å². The van der Waals surface area contributed by atoms with E-state index in [4.69, 9.17) is 11.6 Å². The molecule has 2 rings (SSSR count). The second-order valence-electron chi connectivity index (χ2n) is 7.50. The van der Waals surface area contributed by atoms with Gasteiger partial charge in [-0.1, -0.05) is 37.6 Å². The lowest BCUT2D eigenvalue weighted by Gasteiger charge is -2.31. The van der Waals surface area contributed by atoms with E-state index in [-0.39, 0.29) is 11.8 Å². The molecule has 1 aromatic carbocycles. The van der Waals surface area contributed by atoms with Crippen molar-refractivity contribution in [2.24, 2.45) is 5.92 Å². The van der Waals surface area contributed by atoms with Gasteiger partial charge in [-0.3, -0.25) is 4.79 Å². The molecule has 1 heterocycles. The summed E-state index contributed by atoms with van der Waals surface area (Å²) in [5.74, 6) is 0.0430. The van der Waals surface area contributed by atoms with Gasteiger partial charge in [-0.15, -0.1) is 0 Å². The molecule has 0 aromatic heterocycles. The van der Waals surface area contributed by atoms with Gasteiger partial charge in [-0.05, 0) is 25.0 Å². The minimum absolute atomic E-state index is 0.0361. The monoisotopic (exact) mass is 364 g/mol. The summed E-state index contributed by atoms with van der Waals surface area (Å²) in [6.45, 7) is 11.1. The van der Waals surface area contributed by atoms with Crippen molar-refractivity contribution in [2.75, 3.05) is 32.7 Å². The van der Waals surface area contributed by atoms with Crippen molar-refractivity contribution in [3.05, 3.63) is 34.9 Å². The van der Waals surface area contributed by atoms with Crippen molar-refractivity contribution < 1.29 is 14.6 Å². The van der Waals surface area contributed by atoms with Gasteiger partial charge in [0.2, 0.25) is 0 Å². The number of carbonyl (C=O) groups is 1. The normalized spacial score (nSPS) is 22.9. The Morgan fingerprint density at radius 3 is 2.52 bits per heavy atom. The zero-order chi connectivity index (χ0) is 18.4. The van der Waals surface area contributed by atoms with Gasteiger partial charge in [0.05, 0.1) is 6.07 Å². The molecule has 0 radical (unpaired) electrons. The van der Waals surface area contributed by atoms with Crippen LogP contribution in [-0.4, -0.2) is 44.2 Å². The molecular weight excluding hydrogens is 336 g/mol. The number of quaternary nitrogens is 2. The third kappa shape index (κ3) is 5.71. The van der Waals surface area contributed by atoms with E-state index >= 15 is 0 Å². The van der Waals surface area contributed by atoms with E-state index in [1.54, 1.807) is 6.92 Å². The summed E-state index contributed by atoms with van der Waals surface area (Å²) in [5, 5.41) is 13.0. The first kappa shape index (κ1) is 19.7. The lowest BCUT2D eigenvalue weighted by molar-refractivity contribution is -1.02. The highest BCUT2D eigenvalue weighted by atomic mass is 35.5. The fourth-order valence-electron chi connectivity index (χ4n) is 3.11. The lowest BCUT2D eigenvalue weighted by Crippen LogP contribution is -3.28. The Morgan fingerprint density at radius 1 is 1.32 bits per heavy atom. The molecule has 1 aromatic rings. The average molecular weight is 365 g/mol. The third-order valence-corrected chi connectivity index (χ3v) is 5.44. The van der Waals surface area contributed by atoms with Crippen LogP contribution in [0.3, 0.4) is 0 Å². The predicted molar refractivity (Wildman–Crippen MR) is 98.4 cm³/mol. The molecule has 1 amide bonds. The summed E-state index contributed by atoms with van der Waals surface area (Å²) >= 11 is 6.05. The number of nitrogens with zero attached hydrogens (tertiary/aromatic N) is 1. The van der Waals surface area contributed by atoms with E-state index in [1.165, 1.54) is 15.4 Å². The van der Waals surface area contributed by atoms with E-state index < -0.39 is 5.54 Å². The van der Waals surface area contributed by atoms with Crippen LogP contribution in [0.1, 0.15) is 26.3 Å². The summed E-state index contributed by atoms with van der Waals surface area (Å²) in [6.07, 6.45) is 0. The minimum Gasteiger partial charge on any atom is -0.333 e. The van der Waals surface area contributed by atoms with Crippen LogP contribution in [0.25, 0.3) is 0 Å². The first-order valence-corrected chi connectivity index (χ1v) is 9.34. The number of benzene rings is 1. The molecule has 3 N–H and O–H groups in total. The number of carbonyl (C=O) groups excluding carboxylic acids is 1. The Labute approximate surface area is 155 Å². The Kier molecular flexibility index (Phi) is 6.83. The quantitative estimate of drug-likeness (QED) is 0.648. The second-order valence-corrected chi connectivity index (χ2v) is 7.94. The molecule has 1 aliphatic heterocycles. The zero-order valence-corrected chi connectivity index (χ0v) is 16.1. The highest BCUT2D eigenvalue weighted by molar-refractivity contribution is 6.30. The Morgan fingerprint density at radius 2 is 1.96 bits per heavy atom. The zero-order valence-electron chi connectivity index (χ0n) is 15.4. The van der Waals surface area contributed by atoms with E-state index in [0.717, 1.165) is 37.7 Å². The molecule has 1 fully saturated rings. The van der Waals surface area contributed by atoms with Crippen molar-refractivity contribution in [3.63, 3.8) is 0 Å². The van der Waals surface area contributed by atoms with Gasteiger partial charge in [0, 0.05) is 10.6 Å². The molecule has 5 nitrogen and oxygen atoms in total. The molecule has 0 spiro atoms. The van der Waals surface area contributed by atoms with Crippen LogP contribution in [0.4, 0.5) is 0 Å². The first-order valence-electron chi connectivity index (χ1n) is 8.96. The molecule has 0 aliphatic carbocycles. The smallest absolute Gasteiger partial charge is 0.276 e. The Bertz CT molecular complexity index is 635. The number of halogens is 1. The number of hydrogen-bond donors (Lipinski definition) is 3. The van der Waals surface area contributed by atoms with Crippen molar-refractivity contribution in [1.82, 2.24) is 5.32 Å². The number of nitriles is 1. The number of hydrogen-bond acceptors (Lipinski definition) is 2. The average Bonchev–Trinajstić information content (AvgIpc) is 2.56. The number of rotatable bonds is 6. The number of amides is 1. The third-order valence-electron chi connectivity index (χ3n) is 5.20. The highest BCUT2D eigenvalue weighted by Gasteiger charge is 2.32. The van der Waals surface area contributed by atoms with Gasteiger partial charge in [-0.25, -0.2) is 0 Å². The van der Waals surface area contributed by atoms with E-state index in [0.29, 0.717) is 6.54 Å². The van der Waals surface area contributed by atoms with Gasteiger partial charge in [0.1, 0.15) is 38.3 Å². The van der Waals surface area contributed by atoms with Crippen molar-refractivity contribution >= 4 is 17.5 Å².